The standard InChI is InChI=1S/C14H8Cl2N2/c15-11-5-10(6-12(16)7-11)14-17-8-9-3-1-2-4-13(9)18-14/h1-8H. The molecule has 0 N–H and O–H groups in total. The van der Waals surface area contributed by atoms with Gasteiger partial charge in [0.1, 0.15) is 0 Å². The van der Waals surface area contributed by atoms with E-state index in [1.165, 1.54) is 0 Å². The van der Waals surface area contributed by atoms with Crippen molar-refractivity contribution >= 4 is 34.1 Å². The molecule has 0 radical (unpaired) electrons. The van der Waals surface area contributed by atoms with E-state index in [1.54, 1.807) is 24.4 Å². The summed E-state index contributed by atoms with van der Waals surface area (Å²) in [6.45, 7) is 0. The van der Waals surface area contributed by atoms with Gasteiger partial charge in [0.05, 0.1) is 5.52 Å². The van der Waals surface area contributed by atoms with Crippen LogP contribution in [0.2, 0.25) is 10.0 Å². The molecule has 3 rings (SSSR count). The fourth-order valence-corrected chi connectivity index (χ4v) is 2.32. The Hall–Kier alpha value is -1.64. The van der Waals surface area contributed by atoms with Gasteiger partial charge in [0.15, 0.2) is 5.82 Å². The molecule has 0 saturated heterocycles. The van der Waals surface area contributed by atoms with Crippen LogP contribution in [0.25, 0.3) is 22.3 Å². The van der Waals surface area contributed by atoms with Gasteiger partial charge in [0.2, 0.25) is 0 Å². The van der Waals surface area contributed by atoms with Gasteiger partial charge in [-0.25, -0.2) is 9.97 Å². The number of hydrogen-bond acceptors (Lipinski definition) is 2. The van der Waals surface area contributed by atoms with Gasteiger partial charge in [-0.3, -0.25) is 0 Å². The summed E-state index contributed by atoms with van der Waals surface area (Å²) in [7, 11) is 0. The van der Waals surface area contributed by atoms with Crippen molar-refractivity contribution < 1.29 is 0 Å². The number of rotatable bonds is 1. The lowest BCUT2D eigenvalue weighted by Crippen LogP contribution is -1.89. The summed E-state index contributed by atoms with van der Waals surface area (Å²) >= 11 is 12.0. The summed E-state index contributed by atoms with van der Waals surface area (Å²) < 4.78 is 0. The summed E-state index contributed by atoms with van der Waals surface area (Å²) in [5.41, 5.74) is 1.72. The lowest BCUT2D eigenvalue weighted by molar-refractivity contribution is 1.23. The lowest BCUT2D eigenvalue weighted by Gasteiger charge is -2.03. The first-order valence-corrected chi connectivity index (χ1v) is 6.16. The Labute approximate surface area is 114 Å². The number of benzene rings is 2. The molecule has 2 aromatic carbocycles. The van der Waals surface area contributed by atoms with Crippen molar-refractivity contribution in [2.24, 2.45) is 0 Å². The first kappa shape index (κ1) is 11.5. The van der Waals surface area contributed by atoms with Crippen molar-refractivity contribution in [3.05, 3.63) is 58.7 Å². The van der Waals surface area contributed by atoms with E-state index in [2.05, 4.69) is 9.97 Å². The molecule has 0 aliphatic heterocycles. The van der Waals surface area contributed by atoms with Gasteiger partial charge in [0.25, 0.3) is 0 Å². The molecule has 0 amide bonds. The van der Waals surface area contributed by atoms with E-state index in [-0.39, 0.29) is 0 Å². The number of nitrogens with zero attached hydrogens (tertiary/aromatic N) is 2. The van der Waals surface area contributed by atoms with Gasteiger partial charge >= 0.3 is 0 Å². The van der Waals surface area contributed by atoms with Crippen molar-refractivity contribution in [1.29, 1.82) is 0 Å². The molecule has 0 saturated carbocycles. The van der Waals surface area contributed by atoms with Crippen molar-refractivity contribution in [3.63, 3.8) is 0 Å². The molecule has 1 heterocycles. The number of fused-ring (bicyclic) bond motifs is 1. The summed E-state index contributed by atoms with van der Waals surface area (Å²) in [6.07, 6.45) is 1.80. The van der Waals surface area contributed by atoms with Crippen LogP contribution in [0.5, 0.6) is 0 Å². The Kier molecular flexibility index (Phi) is 2.90. The molecule has 0 bridgehead atoms. The zero-order valence-corrected chi connectivity index (χ0v) is 10.8. The van der Waals surface area contributed by atoms with E-state index in [1.807, 2.05) is 24.3 Å². The maximum atomic E-state index is 5.98. The minimum absolute atomic E-state index is 0.578. The lowest BCUT2D eigenvalue weighted by atomic mass is 10.2. The van der Waals surface area contributed by atoms with Gasteiger partial charge in [-0.05, 0) is 24.3 Å². The predicted octanol–water partition coefficient (Wildman–Crippen LogP) is 4.60. The van der Waals surface area contributed by atoms with Crippen molar-refractivity contribution in [2.45, 2.75) is 0 Å². The summed E-state index contributed by atoms with van der Waals surface area (Å²) in [5.74, 6) is 0.623. The number of aromatic nitrogens is 2. The third kappa shape index (κ3) is 2.17. The average Bonchev–Trinajstić information content (AvgIpc) is 2.37. The molecule has 0 aliphatic carbocycles. The molecule has 4 heteroatoms. The molecule has 2 nitrogen and oxygen atoms in total. The molecule has 0 aliphatic rings. The molecule has 0 unspecified atom stereocenters. The second-order valence-corrected chi connectivity index (χ2v) is 4.78. The minimum Gasteiger partial charge on any atom is -0.236 e. The molecule has 0 spiro atoms. The maximum Gasteiger partial charge on any atom is 0.159 e. The van der Waals surface area contributed by atoms with Gasteiger partial charge in [-0.1, -0.05) is 41.4 Å². The first-order chi connectivity index (χ1) is 8.72. The Morgan fingerprint density at radius 3 is 2.39 bits per heavy atom. The third-order valence-corrected chi connectivity index (χ3v) is 3.05. The number of hydrogen-bond donors (Lipinski definition) is 0. The van der Waals surface area contributed by atoms with Gasteiger partial charge in [0, 0.05) is 27.2 Å². The monoisotopic (exact) mass is 274 g/mol. The maximum absolute atomic E-state index is 5.98. The second-order valence-electron chi connectivity index (χ2n) is 3.91. The molecule has 1 aromatic heterocycles. The topological polar surface area (TPSA) is 25.8 Å². The van der Waals surface area contributed by atoms with Crippen molar-refractivity contribution in [2.75, 3.05) is 0 Å². The van der Waals surface area contributed by atoms with E-state index in [0.717, 1.165) is 16.5 Å². The normalized spacial score (nSPS) is 10.8. The van der Waals surface area contributed by atoms with Gasteiger partial charge in [-0.15, -0.1) is 0 Å². The SMILES string of the molecule is Clc1cc(Cl)cc(-c2ncc3ccccc3n2)c1. The highest BCUT2D eigenvalue weighted by molar-refractivity contribution is 6.35. The molecular weight excluding hydrogens is 267 g/mol. The largest absolute Gasteiger partial charge is 0.236 e. The van der Waals surface area contributed by atoms with Crippen LogP contribution in [0, 0.1) is 0 Å². The Morgan fingerprint density at radius 1 is 0.889 bits per heavy atom. The van der Waals surface area contributed by atoms with Crippen LogP contribution < -0.4 is 0 Å². The summed E-state index contributed by atoms with van der Waals surface area (Å²) in [5, 5.41) is 2.16. The van der Waals surface area contributed by atoms with Crippen LogP contribution in [-0.4, -0.2) is 9.97 Å². The molecule has 3 aromatic rings. The molecular formula is C14H8Cl2N2. The van der Waals surface area contributed by atoms with Gasteiger partial charge in [-0.2, -0.15) is 0 Å². The highest BCUT2D eigenvalue weighted by Crippen LogP contribution is 2.25. The van der Waals surface area contributed by atoms with E-state index in [4.69, 9.17) is 23.2 Å². The van der Waals surface area contributed by atoms with Crippen LogP contribution in [0.1, 0.15) is 0 Å². The van der Waals surface area contributed by atoms with E-state index >= 15 is 0 Å². The molecule has 88 valence electrons. The summed E-state index contributed by atoms with van der Waals surface area (Å²) in [4.78, 5) is 8.83. The van der Waals surface area contributed by atoms with E-state index in [9.17, 15) is 0 Å². The molecule has 0 fully saturated rings. The third-order valence-electron chi connectivity index (χ3n) is 2.61. The number of para-hydroxylation sites is 1. The van der Waals surface area contributed by atoms with Crippen LogP contribution in [0.3, 0.4) is 0 Å². The zero-order chi connectivity index (χ0) is 12.5. The highest BCUT2D eigenvalue weighted by atomic mass is 35.5. The first-order valence-electron chi connectivity index (χ1n) is 5.41. The average molecular weight is 275 g/mol. The van der Waals surface area contributed by atoms with Crippen LogP contribution in [-0.2, 0) is 0 Å². The van der Waals surface area contributed by atoms with E-state index < -0.39 is 0 Å². The smallest absolute Gasteiger partial charge is 0.159 e. The molecule has 0 atom stereocenters. The fourth-order valence-electron chi connectivity index (χ4n) is 1.79. The quantitative estimate of drug-likeness (QED) is 0.648. The molecule has 18 heavy (non-hydrogen) atoms. The zero-order valence-electron chi connectivity index (χ0n) is 9.27. The van der Waals surface area contributed by atoms with Crippen molar-refractivity contribution in [1.82, 2.24) is 9.97 Å². The Bertz CT molecular complexity index is 706. The summed E-state index contributed by atoms with van der Waals surface area (Å²) in [6, 6.07) is 13.1. The van der Waals surface area contributed by atoms with Crippen LogP contribution >= 0.6 is 23.2 Å². The Balaban J connectivity index is 2.19. The van der Waals surface area contributed by atoms with E-state index in [0.29, 0.717) is 15.9 Å². The van der Waals surface area contributed by atoms with Crippen LogP contribution in [0.15, 0.2) is 48.7 Å². The Morgan fingerprint density at radius 2 is 1.61 bits per heavy atom. The van der Waals surface area contributed by atoms with Crippen molar-refractivity contribution in [3.8, 4) is 11.4 Å². The van der Waals surface area contributed by atoms with Crippen LogP contribution in [0.4, 0.5) is 0 Å². The minimum atomic E-state index is 0.578. The predicted molar refractivity (Wildman–Crippen MR) is 75.0 cm³/mol. The van der Waals surface area contributed by atoms with Gasteiger partial charge < -0.3 is 0 Å². The fraction of sp³-hybridized carbons (Fsp3) is 0. The number of halogens is 2. The second kappa shape index (κ2) is 4.56. The highest BCUT2D eigenvalue weighted by Gasteiger charge is 2.05.